The van der Waals surface area contributed by atoms with Gasteiger partial charge in [-0.1, -0.05) is 27.7 Å². The number of nitrogens with one attached hydrogen (secondary N) is 1. The van der Waals surface area contributed by atoms with Crippen molar-refractivity contribution >= 4 is 5.84 Å². The molecule has 1 unspecified atom stereocenters. The zero-order valence-electron chi connectivity index (χ0n) is 9.47. The topological polar surface area (TPSA) is 27.6 Å². The molecule has 1 aliphatic rings. The first-order chi connectivity index (χ1) is 5.72. The molecule has 3 nitrogen and oxygen atoms in total. The summed E-state index contributed by atoms with van der Waals surface area (Å²) < 4.78 is 0. The van der Waals surface area contributed by atoms with Crippen LogP contribution >= 0.6 is 0 Å². The van der Waals surface area contributed by atoms with Crippen molar-refractivity contribution in [1.82, 2.24) is 10.3 Å². The Morgan fingerprint density at radius 3 is 1.75 bits per heavy atom. The summed E-state index contributed by atoms with van der Waals surface area (Å²) >= 11 is 0. The highest BCUT2D eigenvalue weighted by Crippen LogP contribution is 1.99. The van der Waals surface area contributed by atoms with Crippen LogP contribution in [0.2, 0.25) is 0 Å². The Kier molecular flexibility index (Phi) is 9.65. The van der Waals surface area contributed by atoms with Gasteiger partial charge in [0.25, 0.3) is 0 Å². The van der Waals surface area contributed by atoms with Crippen molar-refractivity contribution in [2.75, 3.05) is 7.05 Å². The molecule has 0 spiro atoms. The van der Waals surface area contributed by atoms with Gasteiger partial charge in [-0.15, -0.1) is 0 Å². The van der Waals surface area contributed by atoms with Crippen molar-refractivity contribution < 1.29 is 0 Å². The van der Waals surface area contributed by atoms with Gasteiger partial charge in [0.2, 0.25) is 0 Å². The maximum atomic E-state index is 3.99. The van der Waals surface area contributed by atoms with E-state index in [0.717, 1.165) is 5.84 Å². The minimum atomic E-state index is 0.370. The maximum absolute atomic E-state index is 3.99. The summed E-state index contributed by atoms with van der Waals surface area (Å²) in [5.41, 5.74) is 2.93. The predicted molar refractivity (Wildman–Crippen MR) is 56.2 cm³/mol. The lowest BCUT2D eigenvalue weighted by atomic mass is 10.5. The first-order valence-electron chi connectivity index (χ1n) is 4.74. The summed E-state index contributed by atoms with van der Waals surface area (Å²) in [5.74, 6) is 1.05. The van der Waals surface area contributed by atoms with Crippen molar-refractivity contribution in [3.05, 3.63) is 0 Å². The Hall–Kier alpha value is -0.730. The number of rotatable bonds is 0. The lowest BCUT2D eigenvalue weighted by Gasteiger charge is -2.15. The van der Waals surface area contributed by atoms with Gasteiger partial charge in [-0.3, -0.25) is 5.43 Å². The molecule has 1 heterocycles. The molecule has 1 N–H and O–H groups in total. The van der Waals surface area contributed by atoms with E-state index < -0.39 is 0 Å². The van der Waals surface area contributed by atoms with Gasteiger partial charge in [0.05, 0.1) is 0 Å². The number of hydrogen-bond donors (Lipinski definition) is 1. The van der Waals surface area contributed by atoms with E-state index in [2.05, 4.69) is 22.4 Å². The second kappa shape index (κ2) is 8.37. The van der Waals surface area contributed by atoms with Crippen LogP contribution in [0.15, 0.2) is 5.10 Å². The number of hydrazone groups is 1. The van der Waals surface area contributed by atoms with Crippen LogP contribution < -0.4 is 5.43 Å². The lowest BCUT2D eigenvalue weighted by molar-refractivity contribution is 0.375. The van der Waals surface area contributed by atoms with Crippen LogP contribution in [0, 0.1) is 0 Å². The van der Waals surface area contributed by atoms with E-state index in [9.17, 15) is 0 Å². The van der Waals surface area contributed by atoms with Gasteiger partial charge in [-0.2, -0.15) is 5.10 Å². The quantitative estimate of drug-likeness (QED) is 0.608. The molecule has 0 amide bonds. The predicted octanol–water partition coefficient (Wildman–Crippen LogP) is 2.25. The van der Waals surface area contributed by atoms with Gasteiger partial charge < -0.3 is 4.90 Å². The van der Waals surface area contributed by atoms with Crippen molar-refractivity contribution in [3.63, 3.8) is 0 Å². The third-order valence-electron chi connectivity index (χ3n) is 1.50. The first kappa shape index (κ1) is 13.8. The highest BCUT2D eigenvalue weighted by molar-refractivity contribution is 5.80. The average molecular weight is 173 g/mol. The smallest absolute Gasteiger partial charge is 0.123 e. The van der Waals surface area contributed by atoms with Gasteiger partial charge in [0, 0.05) is 7.05 Å². The third-order valence-corrected chi connectivity index (χ3v) is 1.50. The number of hydrogen-bond acceptors (Lipinski definition) is 3. The van der Waals surface area contributed by atoms with E-state index in [1.54, 1.807) is 0 Å². The first-order valence-corrected chi connectivity index (χ1v) is 4.74. The molecular formula is C9H23N3. The van der Waals surface area contributed by atoms with E-state index in [1.165, 1.54) is 0 Å². The number of amidine groups is 1. The van der Waals surface area contributed by atoms with Crippen molar-refractivity contribution in [3.8, 4) is 0 Å². The van der Waals surface area contributed by atoms with Crippen LogP contribution in [0.25, 0.3) is 0 Å². The summed E-state index contributed by atoms with van der Waals surface area (Å²) in [5, 5.41) is 3.99. The Morgan fingerprint density at radius 1 is 1.25 bits per heavy atom. The van der Waals surface area contributed by atoms with Gasteiger partial charge in [-0.25, -0.2) is 0 Å². The molecule has 1 aliphatic heterocycles. The monoisotopic (exact) mass is 173 g/mol. The second-order valence-electron chi connectivity index (χ2n) is 2.07. The molecule has 0 aromatic carbocycles. The van der Waals surface area contributed by atoms with Gasteiger partial charge >= 0.3 is 0 Å². The normalized spacial score (nSPS) is 19.4. The third kappa shape index (κ3) is 4.21. The Balaban J connectivity index is 0. The van der Waals surface area contributed by atoms with Crippen molar-refractivity contribution in [1.29, 1.82) is 0 Å². The van der Waals surface area contributed by atoms with E-state index in [0.29, 0.717) is 6.17 Å². The fourth-order valence-electron chi connectivity index (χ4n) is 0.633. The molecule has 0 bridgehead atoms. The molecule has 0 aromatic rings. The molecule has 3 heteroatoms. The fourth-order valence-corrected chi connectivity index (χ4v) is 0.633. The number of nitrogens with zero attached hydrogens (tertiary/aromatic N) is 2. The standard InChI is InChI=1S/C5H11N3.2C2H6/c1-4-6-7-5(2)8(4)3;2*1-2/h4,6H,1-3H3;2*1-2H3. The summed E-state index contributed by atoms with van der Waals surface area (Å²) in [4.78, 5) is 2.08. The molecule has 74 valence electrons. The molecule has 1 rings (SSSR count). The van der Waals surface area contributed by atoms with Gasteiger partial charge in [0.1, 0.15) is 12.0 Å². The maximum Gasteiger partial charge on any atom is 0.123 e. The summed E-state index contributed by atoms with van der Waals surface area (Å²) in [7, 11) is 2.02. The minimum absolute atomic E-state index is 0.370. The van der Waals surface area contributed by atoms with Crippen molar-refractivity contribution in [2.24, 2.45) is 5.10 Å². The van der Waals surface area contributed by atoms with Crippen molar-refractivity contribution in [2.45, 2.75) is 47.7 Å². The molecule has 0 radical (unpaired) electrons. The van der Waals surface area contributed by atoms with Crippen LogP contribution in [-0.4, -0.2) is 23.9 Å². The Bertz CT molecular complexity index is 121. The minimum Gasteiger partial charge on any atom is -0.341 e. The van der Waals surface area contributed by atoms with E-state index >= 15 is 0 Å². The SMILES string of the molecule is CC.CC.CC1=NNC(C)N1C. The van der Waals surface area contributed by atoms with Gasteiger partial charge in [-0.05, 0) is 13.8 Å². The summed E-state index contributed by atoms with van der Waals surface area (Å²) in [6, 6.07) is 0. The average Bonchev–Trinajstić information content (AvgIpc) is 2.43. The second-order valence-corrected chi connectivity index (χ2v) is 2.07. The molecule has 0 fully saturated rings. The van der Waals surface area contributed by atoms with Crippen LogP contribution in [0.3, 0.4) is 0 Å². The Morgan fingerprint density at radius 2 is 1.67 bits per heavy atom. The molecule has 0 aliphatic carbocycles. The zero-order chi connectivity index (χ0) is 10.1. The lowest BCUT2D eigenvalue weighted by Crippen LogP contribution is -2.32. The molecule has 0 saturated heterocycles. The molecule has 0 saturated carbocycles. The molecule has 12 heavy (non-hydrogen) atoms. The largest absolute Gasteiger partial charge is 0.341 e. The van der Waals surface area contributed by atoms with E-state index in [-0.39, 0.29) is 0 Å². The summed E-state index contributed by atoms with van der Waals surface area (Å²) in [6.07, 6.45) is 0.370. The van der Waals surface area contributed by atoms with Crippen LogP contribution in [0.4, 0.5) is 0 Å². The Labute approximate surface area is 76.8 Å². The van der Waals surface area contributed by atoms with Crippen LogP contribution in [-0.2, 0) is 0 Å². The fraction of sp³-hybridized carbons (Fsp3) is 0.889. The molecular weight excluding hydrogens is 150 g/mol. The van der Waals surface area contributed by atoms with Crippen LogP contribution in [0.5, 0.6) is 0 Å². The molecule has 0 aromatic heterocycles. The highest BCUT2D eigenvalue weighted by Gasteiger charge is 2.14. The van der Waals surface area contributed by atoms with E-state index in [4.69, 9.17) is 0 Å². The zero-order valence-corrected chi connectivity index (χ0v) is 9.47. The van der Waals surface area contributed by atoms with Gasteiger partial charge in [0.15, 0.2) is 0 Å². The van der Waals surface area contributed by atoms with Crippen LogP contribution in [0.1, 0.15) is 41.5 Å². The van der Waals surface area contributed by atoms with E-state index in [1.807, 2.05) is 41.7 Å². The highest BCUT2D eigenvalue weighted by atomic mass is 15.5. The molecule has 1 atom stereocenters. The summed E-state index contributed by atoms with van der Waals surface area (Å²) in [6.45, 7) is 12.1.